The molecule has 29 heavy (non-hydrogen) atoms. The van der Waals surface area contributed by atoms with Gasteiger partial charge in [-0.2, -0.15) is 4.68 Å². The molecule has 1 saturated heterocycles. The van der Waals surface area contributed by atoms with Gasteiger partial charge in [0, 0.05) is 18.5 Å². The number of hydrogen-bond donors (Lipinski definition) is 0. The molecule has 1 atom stereocenters. The average molecular weight is 389 g/mol. The molecular weight excluding hydrogens is 370 g/mol. The molecular formula is C21H19N5O3. The molecule has 0 aliphatic carbocycles. The lowest BCUT2D eigenvalue weighted by Gasteiger charge is -2.33. The number of benzene rings is 2. The van der Waals surface area contributed by atoms with Crippen LogP contribution in [0.2, 0.25) is 0 Å². The lowest BCUT2D eigenvalue weighted by molar-refractivity contribution is 0.0220. The highest BCUT2D eigenvalue weighted by atomic mass is 16.5. The quantitative estimate of drug-likeness (QED) is 0.495. The van der Waals surface area contributed by atoms with Crippen LogP contribution in [-0.4, -0.2) is 51.4 Å². The number of aromatic nitrogens is 4. The van der Waals surface area contributed by atoms with Crippen molar-refractivity contribution < 1.29 is 9.15 Å². The molecule has 0 radical (unpaired) electrons. The third kappa shape index (κ3) is 3.32. The van der Waals surface area contributed by atoms with Crippen LogP contribution in [-0.2, 0) is 4.74 Å². The van der Waals surface area contributed by atoms with Crippen LogP contribution in [0.5, 0.6) is 0 Å². The van der Waals surface area contributed by atoms with Gasteiger partial charge in [-0.25, -0.2) is 4.79 Å². The minimum absolute atomic E-state index is 0.207. The van der Waals surface area contributed by atoms with Crippen molar-refractivity contribution in [2.45, 2.75) is 6.04 Å². The topological polar surface area (TPSA) is 86.3 Å². The molecule has 0 bridgehead atoms. The Balaban J connectivity index is 1.66. The maximum Gasteiger partial charge on any atom is 0.362 e. The van der Waals surface area contributed by atoms with Gasteiger partial charge in [0.2, 0.25) is 0 Å². The fraction of sp³-hybridized carbons (Fsp3) is 0.238. The van der Waals surface area contributed by atoms with Crippen LogP contribution in [0.3, 0.4) is 0 Å². The number of para-hydroxylation sites is 1. The lowest BCUT2D eigenvalue weighted by Crippen LogP contribution is -2.40. The van der Waals surface area contributed by atoms with E-state index in [1.54, 1.807) is 12.1 Å². The highest BCUT2D eigenvalue weighted by molar-refractivity contribution is 5.77. The summed E-state index contributed by atoms with van der Waals surface area (Å²) in [5.74, 6) is 0.570. The van der Waals surface area contributed by atoms with E-state index in [1.165, 1.54) is 4.68 Å². The van der Waals surface area contributed by atoms with Gasteiger partial charge in [-0.1, -0.05) is 48.5 Å². The van der Waals surface area contributed by atoms with Gasteiger partial charge in [0.15, 0.2) is 11.5 Å². The maximum absolute atomic E-state index is 12.7. The number of hydrogen-bond acceptors (Lipinski definition) is 7. The zero-order valence-corrected chi connectivity index (χ0v) is 15.6. The SMILES string of the molecule is O=c1oc2ccccc2cc1-n1nnnc1[C@H](c1ccccc1)N1CCOCC1. The summed E-state index contributed by atoms with van der Waals surface area (Å²) >= 11 is 0. The largest absolute Gasteiger partial charge is 0.421 e. The lowest BCUT2D eigenvalue weighted by atomic mass is 10.0. The summed E-state index contributed by atoms with van der Waals surface area (Å²) in [5, 5.41) is 13.1. The Hall–Kier alpha value is -3.36. The van der Waals surface area contributed by atoms with E-state index in [-0.39, 0.29) is 11.7 Å². The molecule has 0 amide bonds. The van der Waals surface area contributed by atoms with Gasteiger partial charge in [-0.3, -0.25) is 4.90 Å². The van der Waals surface area contributed by atoms with Crippen LogP contribution in [0.25, 0.3) is 16.7 Å². The Morgan fingerprint density at radius 3 is 2.55 bits per heavy atom. The molecule has 1 aliphatic rings. The van der Waals surface area contributed by atoms with Gasteiger partial charge in [-0.05, 0) is 28.1 Å². The van der Waals surface area contributed by atoms with Gasteiger partial charge in [0.1, 0.15) is 5.58 Å². The van der Waals surface area contributed by atoms with E-state index in [0.29, 0.717) is 24.6 Å². The van der Waals surface area contributed by atoms with Crippen molar-refractivity contribution in [2.24, 2.45) is 0 Å². The first-order chi connectivity index (χ1) is 14.3. The van der Waals surface area contributed by atoms with Gasteiger partial charge < -0.3 is 9.15 Å². The monoisotopic (exact) mass is 389 g/mol. The Bertz CT molecular complexity index is 1180. The highest BCUT2D eigenvalue weighted by Crippen LogP contribution is 2.28. The first-order valence-corrected chi connectivity index (χ1v) is 9.49. The Kier molecular flexibility index (Phi) is 4.63. The summed E-state index contributed by atoms with van der Waals surface area (Å²) in [5.41, 5.74) is 1.39. The van der Waals surface area contributed by atoms with Crippen molar-refractivity contribution >= 4 is 11.0 Å². The summed E-state index contributed by atoms with van der Waals surface area (Å²) in [4.78, 5) is 15.0. The second kappa shape index (κ2) is 7.57. The molecule has 3 heterocycles. The summed E-state index contributed by atoms with van der Waals surface area (Å²) in [7, 11) is 0. The van der Waals surface area contributed by atoms with E-state index < -0.39 is 5.63 Å². The fourth-order valence-electron chi connectivity index (χ4n) is 3.73. The van der Waals surface area contributed by atoms with Crippen molar-refractivity contribution in [3.05, 3.63) is 82.5 Å². The molecule has 0 N–H and O–H groups in total. The molecule has 0 saturated carbocycles. The van der Waals surface area contributed by atoms with Crippen molar-refractivity contribution in [3.63, 3.8) is 0 Å². The van der Waals surface area contributed by atoms with Crippen LogP contribution < -0.4 is 5.63 Å². The Morgan fingerprint density at radius 1 is 0.966 bits per heavy atom. The zero-order valence-electron chi connectivity index (χ0n) is 15.6. The van der Waals surface area contributed by atoms with E-state index >= 15 is 0 Å². The predicted molar refractivity (Wildman–Crippen MR) is 106 cm³/mol. The fourth-order valence-corrected chi connectivity index (χ4v) is 3.73. The molecule has 4 aromatic rings. The van der Waals surface area contributed by atoms with Gasteiger partial charge >= 0.3 is 5.63 Å². The number of ether oxygens (including phenoxy) is 1. The normalized spacial score (nSPS) is 16.1. The van der Waals surface area contributed by atoms with Gasteiger partial charge in [0.05, 0.1) is 19.3 Å². The first kappa shape index (κ1) is 17.7. The first-order valence-electron chi connectivity index (χ1n) is 9.49. The Morgan fingerprint density at radius 2 is 1.72 bits per heavy atom. The van der Waals surface area contributed by atoms with Crippen molar-refractivity contribution in [3.8, 4) is 5.69 Å². The molecule has 8 heteroatoms. The van der Waals surface area contributed by atoms with Gasteiger partial charge in [0.25, 0.3) is 0 Å². The molecule has 2 aromatic heterocycles. The summed E-state index contributed by atoms with van der Waals surface area (Å²) in [6.07, 6.45) is 0. The van der Waals surface area contributed by atoms with Crippen LogP contribution in [0.4, 0.5) is 0 Å². The van der Waals surface area contributed by atoms with Crippen molar-refractivity contribution in [2.75, 3.05) is 26.3 Å². The van der Waals surface area contributed by atoms with Crippen LogP contribution in [0.1, 0.15) is 17.4 Å². The summed E-state index contributed by atoms with van der Waals surface area (Å²) in [6.45, 7) is 2.78. The molecule has 0 unspecified atom stereocenters. The smallest absolute Gasteiger partial charge is 0.362 e. The molecule has 5 rings (SSSR count). The molecule has 1 fully saturated rings. The molecule has 0 spiro atoms. The van der Waals surface area contributed by atoms with Crippen molar-refractivity contribution in [1.82, 2.24) is 25.1 Å². The zero-order chi connectivity index (χ0) is 19.6. The predicted octanol–water partition coefficient (Wildman–Crippen LogP) is 2.19. The molecule has 146 valence electrons. The second-order valence-electron chi connectivity index (χ2n) is 6.87. The molecule has 1 aliphatic heterocycles. The number of fused-ring (bicyclic) bond motifs is 1. The summed E-state index contributed by atoms with van der Waals surface area (Å²) < 4.78 is 12.5. The number of tetrazole rings is 1. The number of morpholine rings is 1. The maximum atomic E-state index is 12.7. The third-order valence-corrected chi connectivity index (χ3v) is 5.12. The van der Waals surface area contributed by atoms with Crippen molar-refractivity contribution in [1.29, 1.82) is 0 Å². The second-order valence-corrected chi connectivity index (χ2v) is 6.87. The highest BCUT2D eigenvalue weighted by Gasteiger charge is 2.30. The minimum atomic E-state index is -0.481. The third-order valence-electron chi connectivity index (χ3n) is 5.12. The van der Waals surface area contributed by atoms with E-state index in [1.807, 2.05) is 48.5 Å². The number of rotatable bonds is 4. The van der Waals surface area contributed by atoms with E-state index in [0.717, 1.165) is 24.0 Å². The van der Waals surface area contributed by atoms with Crippen LogP contribution in [0.15, 0.2) is 69.9 Å². The van der Waals surface area contributed by atoms with Crippen LogP contribution >= 0.6 is 0 Å². The average Bonchev–Trinajstić information content (AvgIpc) is 3.24. The standard InChI is InChI=1S/C21H19N5O3/c27-21-17(14-16-8-4-5-9-18(16)29-21)26-20(22-23-24-26)19(15-6-2-1-3-7-15)25-10-12-28-13-11-25/h1-9,14,19H,10-13H2/t19-/m0/s1. The van der Waals surface area contributed by atoms with E-state index in [9.17, 15) is 4.79 Å². The molecule has 2 aromatic carbocycles. The number of nitrogens with zero attached hydrogens (tertiary/aromatic N) is 5. The van der Waals surface area contributed by atoms with E-state index in [4.69, 9.17) is 9.15 Å². The van der Waals surface area contributed by atoms with E-state index in [2.05, 4.69) is 20.4 Å². The van der Waals surface area contributed by atoms with Gasteiger partial charge in [-0.15, -0.1) is 5.10 Å². The Labute approximate surface area is 166 Å². The van der Waals surface area contributed by atoms with Crippen LogP contribution in [0, 0.1) is 0 Å². The molecule has 8 nitrogen and oxygen atoms in total. The summed E-state index contributed by atoms with van der Waals surface area (Å²) in [6, 6.07) is 19.0. The minimum Gasteiger partial charge on any atom is -0.421 e.